The number of nitrogens with zero attached hydrogens (tertiary/aromatic N) is 4. The second-order valence-electron chi connectivity index (χ2n) is 5.11. The average Bonchev–Trinajstić information content (AvgIpc) is 2.60. The number of alkyl halides is 6. The molecule has 0 spiro atoms. The Kier molecular flexibility index (Phi) is 6.92. The molecule has 29 heavy (non-hydrogen) atoms. The van der Waals surface area contributed by atoms with Crippen molar-refractivity contribution >= 4 is 17.7 Å². The number of hydrogen-bond donors (Lipinski definition) is 0. The van der Waals surface area contributed by atoms with Crippen molar-refractivity contribution in [3.05, 3.63) is 67.3 Å². The van der Waals surface area contributed by atoms with Gasteiger partial charge in [0.05, 0.1) is 9.85 Å². The summed E-state index contributed by atoms with van der Waals surface area (Å²) in [6.07, 6.45) is -8.00. The van der Waals surface area contributed by atoms with Crippen LogP contribution >= 0.6 is 0 Å². The molecule has 0 aliphatic carbocycles. The van der Waals surface area contributed by atoms with Crippen LogP contribution < -0.4 is 0 Å². The van der Waals surface area contributed by atoms with Crippen molar-refractivity contribution in [1.82, 2.24) is 9.97 Å². The topological polar surface area (TPSA) is 129 Å². The minimum Gasteiger partial charge on any atom is -0.298 e. The van der Waals surface area contributed by atoms with E-state index in [-0.39, 0.29) is 17.9 Å². The van der Waals surface area contributed by atoms with Gasteiger partial charge in [-0.05, 0) is 6.92 Å². The number of rotatable bonds is 3. The van der Waals surface area contributed by atoms with E-state index in [0.29, 0.717) is 12.3 Å². The van der Waals surface area contributed by atoms with E-state index in [9.17, 15) is 51.4 Å². The van der Waals surface area contributed by atoms with Gasteiger partial charge in [0.25, 0.3) is 11.4 Å². The second-order valence-corrected chi connectivity index (χ2v) is 5.11. The van der Waals surface area contributed by atoms with Crippen LogP contribution in [-0.2, 0) is 12.4 Å². The lowest BCUT2D eigenvalue weighted by molar-refractivity contribution is -0.385. The fraction of sp³-hybridized carbons (Fsp3) is 0.214. The third-order valence-corrected chi connectivity index (χ3v) is 3.09. The molecule has 0 atom stereocenters. The molecule has 0 aliphatic rings. The molecule has 0 amide bonds. The summed E-state index contributed by atoms with van der Waals surface area (Å²) in [7, 11) is 0. The van der Waals surface area contributed by atoms with Crippen molar-refractivity contribution in [2.24, 2.45) is 0 Å². The van der Waals surface area contributed by atoms with Crippen LogP contribution in [0.5, 0.6) is 0 Å². The van der Waals surface area contributed by atoms with E-state index in [2.05, 4.69) is 9.97 Å². The number of pyridine rings is 2. The molecule has 0 aromatic carbocycles. The molecule has 2 aromatic heterocycles. The van der Waals surface area contributed by atoms with Gasteiger partial charge in [-0.15, -0.1) is 0 Å². The average molecular weight is 426 g/mol. The molecule has 0 unspecified atom stereocenters. The Hall–Kier alpha value is -3.65. The summed E-state index contributed by atoms with van der Waals surface area (Å²) in [4.78, 5) is 34.9. The normalized spacial score (nSPS) is 11.3. The van der Waals surface area contributed by atoms with Crippen LogP contribution in [0.4, 0.5) is 37.7 Å². The number of carbonyl (C=O) groups is 1. The SMILES string of the molecule is Cc1cnc(C(F)(F)F)cc1[N+](=O)[O-].O=Cc1cnc(C(F)(F)F)cc1[N+](=O)[O-]. The fourth-order valence-electron chi connectivity index (χ4n) is 1.72. The molecule has 9 nitrogen and oxygen atoms in total. The Bertz CT molecular complexity index is 945. The molecule has 0 bridgehead atoms. The van der Waals surface area contributed by atoms with Gasteiger partial charge >= 0.3 is 12.4 Å². The van der Waals surface area contributed by atoms with Gasteiger partial charge < -0.3 is 0 Å². The molecule has 2 heterocycles. The summed E-state index contributed by atoms with van der Waals surface area (Å²) >= 11 is 0. The van der Waals surface area contributed by atoms with Crippen LogP contribution in [-0.4, -0.2) is 26.1 Å². The Morgan fingerprint density at radius 2 is 1.28 bits per heavy atom. The number of nitro groups is 2. The lowest BCUT2D eigenvalue weighted by Crippen LogP contribution is -2.09. The summed E-state index contributed by atoms with van der Waals surface area (Å²) in [5.41, 5.74) is -4.54. The van der Waals surface area contributed by atoms with E-state index >= 15 is 0 Å². The first-order valence-corrected chi connectivity index (χ1v) is 7.03. The molecular formula is C14H8F6N4O5. The van der Waals surface area contributed by atoms with Crippen molar-refractivity contribution in [3.8, 4) is 0 Å². The number of halogens is 6. The van der Waals surface area contributed by atoms with Gasteiger partial charge in [-0.2, -0.15) is 26.3 Å². The van der Waals surface area contributed by atoms with Gasteiger partial charge in [0.2, 0.25) is 0 Å². The van der Waals surface area contributed by atoms with Crippen LogP contribution in [0.3, 0.4) is 0 Å². The van der Waals surface area contributed by atoms with Gasteiger partial charge in [0.15, 0.2) is 17.7 Å². The summed E-state index contributed by atoms with van der Waals surface area (Å²) < 4.78 is 72.5. The van der Waals surface area contributed by atoms with E-state index in [1.54, 1.807) is 0 Å². The van der Waals surface area contributed by atoms with Gasteiger partial charge in [-0.3, -0.25) is 35.0 Å². The number of carbonyl (C=O) groups excluding carboxylic acids is 1. The maximum atomic E-state index is 12.1. The minimum absolute atomic E-state index is 0.0747. The summed E-state index contributed by atoms with van der Waals surface area (Å²) in [6.45, 7) is 1.32. The molecule has 0 radical (unpaired) electrons. The highest BCUT2D eigenvalue weighted by molar-refractivity contribution is 5.80. The molecule has 0 fully saturated rings. The van der Waals surface area contributed by atoms with Gasteiger partial charge in [-0.25, -0.2) is 0 Å². The van der Waals surface area contributed by atoms with E-state index in [0.717, 1.165) is 6.20 Å². The Morgan fingerprint density at radius 1 is 0.862 bits per heavy atom. The molecule has 156 valence electrons. The summed E-state index contributed by atoms with van der Waals surface area (Å²) in [6, 6.07) is 0.652. The fourth-order valence-corrected chi connectivity index (χ4v) is 1.72. The second kappa shape index (κ2) is 8.57. The zero-order valence-electron chi connectivity index (χ0n) is 14.0. The molecular weight excluding hydrogens is 418 g/mol. The monoisotopic (exact) mass is 426 g/mol. The molecule has 0 aliphatic heterocycles. The Morgan fingerprint density at radius 3 is 1.66 bits per heavy atom. The number of hydrogen-bond acceptors (Lipinski definition) is 7. The van der Waals surface area contributed by atoms with Gasteiger partial charge in [0, 0.05) is 30.1 Å². The van der Waals surface area contributed by atoms with Crippen LogP contribution in [0.2, 0.25) is 0 Å². The van der Waals surface area contributed by atoms with Crippen LogP contribution in [0, 0.1) is 27.2 Å². The van der Waals surface area contributed by atoms with Crippen LogP contribution in [0.25, 0.3) is 0 Å². The predicted molar refractivity (Wildman–Crippen MR) is 81.9 cm³/mol. The van der Waals surface area contributed by atoms with Crippen LogP contribution in [0.15, 0.2) is 24.5 Å². The Balaban J connectivity index is 0.000000291. The number of aryl methyl sites for hydroxylation is 1. The molecule has 0 saturated carbocycles. The van der Waals surface area contributed by atoms with E-state index < -0.39 is 50.5 Å². The smallest absolute Gasteiger partial charge is 0.298 e. The first-order chi connectivity index (χ1) is 13.2. The summed E-state index contributed by atoms with van der Waals surface area (Å²) in [5, 5.41) is 20.6. The maximum absolute atomic E-state index is 12.1. The third-order valence-electron chi connectivity index (χ3n) is 3.09. The Labute approximate surface area is 156 Å². The van der Waals surface area contributed by atoms with Gasteiger partial charge in [-0.1, -0.05) is 0 Å². The lowest BCUT2D eigenvalue weighted by Gasteiger charge is -2.05. The lowest BCUT2D eigenvalue weighted by atomic mass is 10.2. The van der Waals surface area contributed by atoms with E-state index in [1.807, 2.05) is 0 Å². The highest BCUT2D eigenvalue weighted by Gasteiger charge is 2.35. The van der Waals surface area contributed by atoms with Gasteiger partial charge in [0.1, 0.15) is 5.56 Å². The van der Waals surface area contributed by atoms with Crippen molar-refractivity contribution in [3.63, 3.8) is 0 Å². The van der Waals surface area contributed by atoms with Crippen molar-refractivity contribution in [1.29, 1.82) is 0 Å². The van der Waals surface area contributed by atoms with E-state index in [4.69, 9.17) is 0 Å². The first kappa shape index (κ1) is 23.4. The predicted octanol–water partition coefficient (Wildman–Crippen LogP) is 4.14. The van der Waals surface area contributed by atoms with Crippen molar-refractivity contribution < 1.29 is 41.0 Å². The van der Waals surface area contributed by atoms with Crippen molar-refractivity contribution in [2.45, 2.75) is 19.3 Å². The standard InChI is InChI=1S/C7H3F3N2O3.C7H5F3N2O2/c8-7(9,10)6-1-5(12(14)15)4(3-13)2-11-6;1-4-3-11-6(7(8,9)10)2-5(4)12(13)14/h1-3H;2-3H,1H3. The molecule has 0 N–H and O–H groups in total. The highest BCUT2D eigenvalue weighted by atomic mass is 19.4. The molecule has 2 aromatic rings. The quantitative estimate of drug-likeness (QED) is 0.312. The largest absolute Gasteiger partial charge is 0.433 e. The molecule has 0 saturated heterocycles. The number of aldehydes is 1. The zero-order chi connectivity index (χ0) is 22.6. The van der Waals surface area contributed by atoms with Crippen LogP contribution in [0.1, 0.15) is 27.3 Å². The molecule has 2 rings (SSSR count). The van der Waals surface area contributed by atoms with E-state index in [1.165, 1.54) is 6.92 Å². The zero-order valence-corrected chi connectivity index (χ0v) is 14.0. The molecule has 15 heteroatoms. The highest BCUT2D eigenvalue weighted by Crippen LogP contribution is 2.31. The van der Waals surface area contributed by atoms with Crippen molar-refractivity contribution in [2.75, 3.05) is 0 Å². The summed E-state index contributed by atoms with van der Waals surface area (Å²) in [5.74, 6) is 0. The minimum atomic E-state index is -4.77. The third kappa shape index (κ3) is 6.18. The number of aromatic nitrogens is 2. The first-order valence-electron chi connectivity index (χ1n) is 7.03. The maximum Gasteiger partial charge on any atom is 0.433 e.